The molecule has 0 saturated carbocycles. The Morgan fingerprint density at radius 3 is 2.96 bits per heavy atom. The van der Waals surface area contributed by atoms with Gasteiger partial charge in [0.2, 0.25) is 5.91 Å². The van der Waals surface area contributed by atoms with Gasteiger partial charge in [-0.1, -0.05) is 17.8 Å². The summed E-state index contributed by atoms with van der Waals surface area (Å²) in [6.45, 7) is 1.66. The topological polar surface area (TPSA) is 74.8 Å². The minimum Gasteiger partial charge on any atom is -0.325 e. The standard InChI is InChI=1S/C17H18FN3O2S/c1-10-6-7-11(8-13(10)18)19-15(22)9-24-17-20-14-5-3-2-4-12(14)16(23)21-17/h6-8H,2-5,9H2,1H3,(H,19,22)(H,20,21,23). The maximum absolute atomic E-state index is 13.5. The first kappa shape index (κ1) is 16.7. The highest BCUT2D eigenvalue weighted by Crippen LogP contribution is 2.20. The number of hydrogen-bond donors (Lipinski definition) is 2. The lowest BCUT2D eigenvalue weighted by Crippen LogP contribution is -2.22. The average Bonchev–Trinajstić information content (AvgIpc) is 2.56. The zero-order valence-corrected chi connectivity index (χ0v) is 14.1. The van der Waals surface area contributed by atoms with Crippen LogP contribution in [0.5, 0.6) is 0 Å². The van der Waals surface area contributed by atoms with Crippen molar-refractivity contribution >= 4 is 23.4 Å². The molecule has 1 aliphatic carbocycles. The van der Waals surface area contributed by atoms with Crippen LogP contribution in [0.2, 0.25) is 0 Å². The maximum atomic E-state index is 13.5. The monoisotopic (exact) mass is 347 g/mol. The van der Waals surface area contributed by atoms with Gasteiger partial charge in [0.25, 0.3) is 5.56 Å². The SMILES string of the molecule is Cc1ccc(NC(=O)CSc2nc3c(c(=O)[nH]2)CCCC3)cc1F. The number of nitrogens with one attached hydrogen (secondary N) is 2. The molecule has 0 radical (unpaired) electrons. The zero-order valence-electron chi connectivity index (χ0n) is 13.3. The second-order valence-corrected chi connectivity index (χ2v) is 6.77. The van der Waals surface area contributed by atoms with E-state index in [2.05, 4.69) is 15.3 Å². The predicted octanol–water partition coefficient (Wildman–Crippen LogP) is 2.83. The molecule has 0 unspecified atom stereocenters. The molecule has 0 atom stereocenters. The van der Waals surface area contributed by atoms with E-state index in [-0.39, 0.29) is 23.0 Å². The molecule has 126 valence electrons. The van der Waals surface area contributed by atoms with Crippen molar-refractivity contribution < 1.29 is 9.18 Å². The van der Waals surface area contributed by atoms with E-state index in [1.165, 1.54) is 17.8 Å². The van der Waals surface area contributed by atoms with Crippen molar-refractivity contribution in [3.8, 4) is 0 Å². The molecule has 0 saturated heterocycles. The first-order valence-corrected chi connectivity index (χ1v) is 8.82. The summed E-state index contributed by atoms with van der Waals surface area (Å²) in [5.74, 6) is -0.540. The second-order valence-electron chi connectivity index (χ2n) is 5.80. The molecule has 1 aromatic carbocycles. The first-order valence-electron chi connectivity index (χ1n) is 7.84. The van der Waals surface area contributed by atoms with Gasteiger partial charge < -0.3 is 10.3 Å². The number of carbonyl (C=O) groups excluding carboxylic acids is 1. The molecular formula is C17H18FN3O2S. The number of halogens is 1. The van der Waals surface area contributed by atoms with Gasteiger partial charge in [0.1, 0.15) is 5.82 Å². The van der Waals surface area contributed by atoms with Crippen molar-refractivity contribution in [3.63, 3.8) is 0 Å². The fourth-order valence-electron chi connectivity index (χ4n) is 2.65. The Bertz CT molecular complexity index is 835. The molecular weight excluding hydrogens is 329 g/mol. The minimum absolute atomic E-state index is 0.0945. The van der Waals surface area contributed by atoms with Crippen LogP contribution in [-0.2, 0) is 17.6 Å². The Balaban J connectivity index is 1.63. The lowest BCUT2D eigenvalue weighted by atomic mass is 9.97. The van der Waals surface area contributed by atoms with E-state index < -0.39 is 0 Å². The van der Waals surface area contributed by atoms with Crippen molar-refractivity contribution in [2.75, 3.05) is 11.1 Å². The van der Waals surface area contributed by atoms with Gasteiger partial charge in [-0.25, -0.2) is 9.37 Å². The summed E-state index contributed by atoms with van der Waals surface area (Å²) >= 11 is 1.17. The number of H-pyrrole nitrogens is 1. The fraction of sp³-hybridized carbons (Fsp3) is 0.353. The number of hydrogen-bond acceptors (Lipinski definition) is 4. The molecule has 24 heavy (non-hydrogen) atoms. The number of aromatic nitrogens is 2. The first-order chi connectivity index (χ1) is 11.5. The van der Waals surface area contributed by atoms with Crippen LogP contribution in [0.3, 0.4) is 0 Å². The van der Waals surface area contributed by atoms with Gasteiger partial charge in [0, 0.05) is 11.3 Å². The molecule has 1 aromatic heterocycles. The third kappa shape index (κ3) is 3.84. The maximum Gasteiger partial charge on any atom is 0.254 e. The highest BCUT2D eigenvalue weighted by atomic mass is 32.2. The Morgan fingerprint density at radius 1 is 1.38 bits per heavy atom. The van der Waals surface area contributed by atoms with Crippen LogP contribution < -0.4 is 10.9 Å². The van der Waals surface area contributed by atoms with Gasteiger partial charge in [-0.2, -0.15) is 0 Å². The highest BCUT2D eigenvalue weighted by Gasteiger charge is 2.16. The van der Waals surface area contributed by atoms with E-state index in [1.807, 2.05) is 0 Å². The molecule has 1 heterocycles. The van der Waals surface area contributed by atoms with Gasteiger partial charge in [-0.05, 0) is 50.3 Å². The van der Waals surface area contributed by atoms with Crippen LogP contribution in [0.25, 0.3) is 0 Å². The van der Waals surface area contributed by atoms with Gasteiger partial charge in [-0.15, -0.1) is 0 Å². The molecule has 0 fully saturated rings. The van der Waals surface area contributed by atoms with E-state index in [9.17, 15) is 14.0 Å². The van der Waals surface area contributed by atoms with E-state index in [1.54, 1.807) is 19.1 Å². The molecule has 2 N–H and O–H groups in total. The Morgan fingerprint density at radius 2 is 2.17 bits per heavy atom. The number of amides is 1. The normalized spacial score (nSPS) is 13.4. The van der Waals surface area contributed by atoms with Crippen molar-refractivity contribution in [1.82, 2.24) is 9.97 Å². The molecule has 7 heteroatoms. The number of rotatable bonds is 4. The van der Waals surface area contributed by atoms with Crippen LogP contribution in [0.1, 0.15) is 29.7 Å². The van der Waals surface area contributed by atoms with Gasteiger partial charge in [-0.3, -0.25) is 9.59 Å². The van der Waals surface area contributed by atoms with Crippen LogP contribution >= 0.6 is 11.8 Å². The fourth-order valence-corrected chi connectivity index (χ4v) is 3.33. The summed E-state index contributed by atoms with van der Waals surface area (Å²) in [5, 5.41) is 3.09. The number of benzene rings is 1. The van der Waals surface area contributed by atoms with Crippen LogP contribution in [-0.4, -0.2) is 21.6 Å². The van der Waals surface area contributed by atoms with Crippen molar-refractivity contribution in [2.24, 2.45) is 0 Å². The Kier molecular flexibility index (Phi) is 4.99. The molecule has 3 rings (SSSR count). The summed E-state index contributed by atoms with van der Waals surface area (Å²) in [5.41, 5.74) is 2.44. The number of aromatic amines is 1. The molecule has 0 spiro atoms. The summed E-state index contributed by atoms with van der Waals surface area (Å²) < 4.78 is 13.5. The summed E-state index contributed by atoms with van der Waals surface area (Å²) in [4.78, 5) is 31.2. The van der Waals surface area contributed by atoms with E-state index in [4.69, 9.17) is 0 Å². The van der Waals surface area contributed by atoms with Crippen LogP contribution in [0.4, 0.5) is 10.1 Å². The van der Waals surface area contributed by atoms with Gasteiger partial charge in [0.05, 0.1) is 11.4 Å². The molecule has 0 bridgehead atoms. The summed E-state index contributed by atoms with van der Waals surface area (Å²) in [7, 11) is 0. The van der Waals surface area contributed by atoms with Crippen molar-refractivity contribution in [2.45, 2.75) is 37.8 Å². The molecule has 1 aliphatic rings. The Labute approximate surface area is 143 Å². The molecule has 1 amide bonds. The summed E-state index contributed by atoms with van der Waals surface area (Å²) in [6, 6.07) is 4.55. The van der Waals surface area contributed by atoms with Crippen molar-refractivity contribution in [3.05, 3.63) is 51.2 Å². The zero-order chi connectivity index (χ0) is 17.1. The predicted molar refractivity (Wildman–Crippen MR) is 92.0 cm³/mol. The minimum atomic E-state index is -0.360. The second kappa shape index (κ2) is 7.17. The summed E-state index contributed by atoms with van der Waals surface area (Å²) in [6.07, 6.45) is 3.62. The van der Waals surface area contributed by atoms with Gasteiger partial charge >= 0.3 is 0 Å². The number of aryl methyl sites for hydroxylation is 2. The Hall–Kier alpha value is -2.15. The lowest BCUT2D eigenvalue weighted by molar-refractivity contribution is -0.113. The van der Waals surface area contributed by atoms with E-state index in [0.29, 0.717) is 16.4 Å². The number of carbonyl (C=O) groups is 1. The average molecular weight is 347 g/mol. The highest BCUT2D eigenvalue weighted by molar-refractivity contribution is 7.99. The smallest absolute Gasteiger partial charge is 0.254 e. The van der Waals surface area contributed by atoms with Gasteiger partial charge in [0.15, 0.2) is 5.16 Å². The molecule has 0 aliphatic heterocycles. The largest absolute Gasteiger partial charge is 0.325 e. The quantitative estimate of drug-likeness (QED) is 0.659. The van der Waals surface area contributed by atoms with Crippen molar-refractivity contribution in [1.29, 1.82) is 0 Å². The van der Waals surface area contributed by atoms with Crippen LogP contribution in [0, 0.1) is 12.7 Å². The molecule has 2 aromatic rings. The van der Waals surface area contributed by atoms with E-state index in [0.717, 1.165) is 36.9 Å². The third-order valence-corrected chi connectivity index (χ3v) is 4.84. The molecule has 5 nitrogen and oxygen atoms in total. The number of thioether (sulfide) groups is 1. The number of anilines is 1. The van der Waals surface area contributed by atoms with E-state index >= 15 is 0 Å². The number of fused-ring (bicyclic) bond motifs is 1. The van der Waals surface area contributed by atoms with Crippen LogP contribution in [0.15, 0.2) is 28.2 Å². The third-order valence-electron chi connectivity index (χ3n) is 3.97. The lowest BCUT2D eigenvalue weighted by Gasteiger charge is -2.14. The number of nitrogens with zero attached hydrogens (tertiary/aromatic N) is 1.